The zero-order valence-corrected chi connectivity index (χ0v) is 13.9. The molecule has 0 radical (unpaired) electrons. The van der Waals surface area contributed by atoms with Gasteiger partial charge in [-0.2, -0.15) is 10.1 Å². The highest BCUT2D eigenvalue weighted by molar-refractivity contribution is 5.88. The number of urea groups is 1. The lowest BCUT2D eigenvalue weighted by Crippen LogP contribution is -2.35. The van der Waals surface area contributed by atoms with Crippen LogP contribution in [0.5, 0.6) is 11.6 Å². The van der Waals surface area contributed by atoms with Crippen molar-refractivity contribution in [3.05, 3.63) is 30.1 Å². The first-order valence-electron chi connectivity index (χ1n) is 7.85. The first-order valence-corrected chi connectivity index (χ1v) is 7.85. The lowest BCUT2D eigenvalue weighted by molar-refractivity contribution is 0.164. The average Bonchev–Trinajstić information content (AvgIpc) is 2.98. The summed E-state index contributed by atoms with van der Waals surface area (Å²) in [6.45, 7) is 5.04. The fourth-order valence-corrected chi connectivity index (χ4v) is 2.53. The second kappa shape index (κ2) is 6.77. The Bertz CT molecular complexity index is 728. The molecule has 1 aliphatic heterocycles. The van der Waals surface area contributed by atoms with Gasteiger partial charge in [-0.15, -0.1) is 0 Å². The van der Waals surface area contributed by atoms with Gasteiger partial charge < -0.3 is 14.8 Å². The van der Waals surface area contributed by atoms with E-state index in [4.69, 9.17) is 9.47 Å². The third-order valence-corrected chi connectivity index (χ3v) is 3.68. The van der Waals surface area contributed by atoms with Gasteiger partial charge in [0.25, 0.3) is 5.88 Å². The summed E-state index contributed by atoms with van der Waals surface area (Å²) >= 11 is 0. The summed E-state index contributed by atoms with van der Waals surface area (Å²) in [5.41, 5.74) is 0.956. The second-order valence-corrected chi connectivity index (χ2v) is 5.96. The van der Waals surface area contributed by atoms with Gasteiger partial charge in [-0.05, 0) is 18.1 Å². The fourth-order valence-electron chi connectivity index (χ4n) is 2.53. The van der Waals surface area contributed by atoms with E-state index in [1.165, 1.54) is 0 Å². The van der Waals surface area contributed by atoms with Crippen molar-refractivity contribution in [1.29, 1.82) is 0 Å². The minimum absolute atomic E-state index is 0.143. The van der Waals surface area contributed by atoms with E-state index in [-0.39, 0.29) is 18.0 Å². The largest absolute Gasteiger partial charge is 0.484 e. The molecule has 3 heterocycles. The fraction of sp³-hybridized carbons (Fsp3) is 0.438. The van der Waals surface area contributed by atoms with E-state index in [1.807, 2.05) is 27.1 Å². The molecule has 2 amide bonds. The molecule has 1 aliphatic rings. The van der Waals surface area contributed by atoms with Crippen molar-refractivity contribution in [3.63, 3.8) is 0 Å². The number of amides is 2. The molecule has 3 rings (SSSR count). The molecule has 0 aromatic carbocycles. The molecule has 0 spiro atoms. The molecule has 8 nitrogen and oxygen atoms in total. The maximum absolute atomic E-state index is 12.3. The molecule has 8 heteroatoms. The van der Waals surface area contributed by atoms with E-state index in [9.17, 15) is 4.79 Å². The monoisotopic (exact) mass is 331 g/mol. The van der Waals surface area contributed by atoms with Gasteiger partial charge in [0.05, 0.1) is 12.2 Å². The molecule has 0 saturated heterocycles. The average molecular weight is 331 g/mol. The topological polar surface area (TPSA) is 90.3 Å². The number of nitrogens with zero attached hydrogens (tertiary/aromatic N) is 3. The molecule has 1 unspecified atom stereocenters. The molecule has 0 bridgehead atoms. The Hall–Kier alpha value is -2.77. The lowest BCUT2D eigenvalue weighted by Gasteiger charge is -2.22. The summed E-state index contributed by atoms with van der Waals surface area (Å²) in [6.07, 6.45) is 3.65. The van der Waals surface area contributed by atoms with Crippen LogP contribution in [-0.2, 0) is 7.05 Å². The summed E-state index contributed by atoms with van der Waals surface area (Å²) in [4.78, 5) is 16.6. The van der Waals surface area contributed by atoms with Gasteiger partial charge in [0.1, 0.15) is 19.0 Å². The first-order chi connectivity index (χ1) is 11.5. The van der Waals surface area contributed by atoms with Gasteiger partial charge in [-0.1, -0.05) is 13.8 Å². The maximum Gasteiger partial charge on any atom is 0.320 e. The van der Waals surface area contributed by atoms with Crippen LogP contribution in [0.4, 0.5) is 10.6 Å². The van der Waals surface area contributed by atoms with Gasteiger partial charge in [-0.3, -0.25) is 10.00 Å². The zero-order valence-electron chi connectivity index (χ0n) is 13.9. The number of pyridine rings is 1. The molecule has 128 valence electrons. The molecule has 0 fully saturated rings. The molecule has 2 aromatic heterocycles. The summed E-state index contributed by atoms with van der Waals surface area (Å²) in [5, 5.41) is 9.85. The van der Waals surface area contributed by atoms with E-state index in [0.717, 1.165) is 5.56 Å². The van der Waals surface area contributed by atoms with Crippen LogP contribution in [-0.4, -0.2) is 34.0 Å². The number of rotatable bonds is 4. The standard InChI is InChI=1S/C16H21N5O3/c1-10(2)14(11-8-17-21(3)9-11)20-16(22)19-13-5-4-12-15(18-13)24-7-6-23-12/h4-5,8-10,14H,6-7H2,1-3H3,(H2,18,19,20,22). The predicted octanol–water partition coefficient (Wildman–Crippen LogP) is 2.11. The van der Waals surface area contributed by atoms with Gasteiger partial charge in [0.2, 0.25) is 0 Å². The Kier molecular flexibility index (Phi) is 4.54. The number of carbonyl (C=O) groups excluding carboxylic acids is 1. The number of aromatic nitrogens is 3. The minimum atomic E-state index is -0.332. The van der Waals surface area contributed by atoms with Gasteiger partial charge >= 0.3 is 6.03 Å². The Morgan fingerprint density at radius 1 is 1.29 bits per heavy atom. The summed E-state index contributed by atoms with van der Waals surface area (Å²) in [5.74, 6) is 1.60. The normalized spacial score (nSPS) is 14.3. The molecular formula is C16H21N5O3. The molecule has 0 aliphatic carbocycles. The Labute approximate surface area is 140 Å². The Balaban J connectivity index is 1.67. The van der Waals surface area contributed by atoms with Crippen molar-refractivity contribution in [2.45, 2.75) is 19.9 Å². The van der Waals surface area contributed by atoms with Crippen LogP contribution in [0.1, 0.15) is 25.5 Å². The van der Waals surface area contributed by atoms with E-state index in [1.54, 1.807) is 23.0 Å². The highest BCUT2D eigenvalue weighted by Crippen LogP contribution is 2.29. The van der Waals surface area contributed by atoms with Crippen LogP contribution in [0, 0.1) is 5.92 Å². The maximum atomic E-state index is 12.3. The number of anilines is 1. The molecular weight excluding hydrogens is 310 g/mol. The second-order valence-electron chi connectivity index (χ2n) is 5.96. The number of fused-ring (bicyclic) bond motifs is 1. The minimum Gasteiger partial charge on any atom is -0.484 e. The summed E-state index contributed by atoms with van der Waals surface area (Å²) in [7, 11) is 1.85. The van der Waals surface area contributed by atoms with Gasteiger partial charge in [-0.25, -0.2) is 4.79 Å². The van der Waals surface area contributed by atoms with Crippen LogP contribution >= 0.6 is 0 Å². The van der Waals surface area contributed by atoms with Crippen molar-refractivity contribution in [2.24, 2.45) is 13.0 Å². The van der Waals surface area contributed by atoms with Crippen LogP contribution in [0.2, 0.25) is 0 Å². The SMILES string of the molecule is CC(C)C(NC(=O)Nc1ccc2c(n1)OCCO2)c1cnn(C)c1. The number of aryl methyl sites for hydroxylation is 1. The number of ether oxygens (including phenoxy) is 2. The van der Waals surface area contributed by atoms with Crippen LogP contribution in [0.25, 0.3) is 0 Å². The molecule has 24 heavy (non-hydrogen) atoms. The Morgan fingerprint density at radius 2 is 2.08 bits per heavy atom. The Morgan fingerprint density at radius 3 is 2.79 bits per heavy atom. The number of carbonyl (C=O) groups is 1. The number of hydrogen-bond donors (Lipinski definition) is 2. The molecule has 0 saturated carbocycles. The van der Waals surface area contributed by atoms with E-state index < -0.39 is 0 Å². The first kappa shape index (κ1) is 16.1. The van der Waals surface area contributed by atoms with Crippen molar-refractivity contribution in [3.8, 4) is 11.6 Å². The van der Waals surface area contributed by atoms with Crippen molar-refractivity contribution in [2.75, 3.05) is 18.5 Å². The van der Waals surface area contributed by atoms with Crippen molar-refractivity contribution >= 4 is 11.8 Å². The smallest absolute Gasteiger partial charge is 0.320 e. The summed E-state index contributed by atoms with van der Waals surface area (Å²) < 4.78 is 12.5. The molecule has 2 N–H and O–H groups in total. The van der Waals surface area contributed by atoms with Crippen LogP contribution in [0.3, 0.4) is 0 Å². The predicted molar refractivity (Wildman–Crippen MR) is 88.2 cm³/mol. The van der Waals surface area contributed by atoms with Gasteiger partial charge in [0.15, 0.2) is 5.75 Å². The van der Waals surface area contributed by atoms with Crippen molar-refractivity contribution in [1.82, 2.24) is 20.1 Å². The van der Waals surface area contributed by atoms with Crippen molar-refractivity contribution < 1.29 is 14.3 Å². The number of hydrogen-bond acceptors (Lipinski definition) is 5. The van der Waals surface area contributed by atoms with Gasteiger partial charge in [0, 0.05) is 18.8 Å². The van der Waals surface area contributed by atoms with Crippen LogP contribution in [0.15, 0.2) is 24.5 Å². The quantitative estimate of drug-likeness (QED) is 0.895. The van der Waals surface area contributed by atoms with E-state index in [0.29, 0.717) is 30.7 Å². The summed E-state index contributed by atoms with van der Waals surface area (Å²) in [6, 6.07) is 2.94. The highest BCUT2D eigenvalue weighted by Gasteiger charge is 2.20. The number of nitrogens with one attached hydrogen (secondary N) is 2. The third kappa shape index (κ3) is 3.58. The van der Waals surface area contributed by atoms with E-state index >= 15 is 0 Å². The zero-order chi connectivity index (χ0) is 17.1. The van der Waals surface area contributed by atoms with Crippen LogP contribution < -0.4 is 20.1 Å². The lowest BCUT2D eigenvalue weighted by atomic mass is 9.99. The highest BCUT2D eigenvalue weighted by atomic mass is 16.6. The van der Waals surface area contributed by atoms with E-state index in [2.05, 4.69) is 20.7 Å². The molecule has 1 atom stereocenters. The molecule has 2 aromatic rings. The third-order valence-electron chi connectivity index (χ3n) is 3.68.